The Labute approximate surface area is 59.6 Å². The molecular formula is C5H8O4S. The fraction of sp³-hybridized carbons (Fsp3) is 0.400. The molecule has 0 saturated carbocycles. The van der Waals surface area contributed by atoms with Gasteiger partial charge in [0.05, 0.1) is 5.75 Å². The van der Waals surface area contributed by atoms with Crippen molar-refractivity contribution in [2.75, 3.05) is 5.75 Å². The predicted molar refractivity (Wildman–Crippen MR) is 35.7 cm³/mol. The van der Waals surface area contributed by atoms with E-state index in [-0.39, 0.29) is 5.75 Å². The Kier molecular flexibility index (Phi) is 3.08. The van der Waals surface area contributed by atoms with Gasteiger partial charge in [0.25, 0.3) is 0 Å². The molecule has 0 N–H and O–H groups in total. The summed E-state index contributed by atoms with van der Waals surface area (Å²) in [7, 11) is -3.65. The third-order valence-corrected chi connectivity index (χ3v) is 1.85. The molecule has 0 saturated heterocycles. The highest BCUT2D eigenvalue weighted by molar-refractivity contribution is 7.87. The summed E-state index contributed by atoms with van der Waals surface area (Å²) in [6.45, 7) is 4.42. The lowest BCUT2D eigenvalue weighted by atomic mass is 10.7. The highest BCUT2D eigenvalue weighted by Crippen LogP contribution is 1.92. The lowest BCUT2D eigenvalue weighted by Gasteiger charge is -1.97. The molecular weight excluding hydrogens is 156 g/mol. The smallest absolute Gasteiger partial charge is 0.342 e. The van der Waals surface area contributed by atoms with Gasteiger partial charge in [-0.25, -0.2) is 4.79 Å². The minimum atomic E-state index is -3.65. The van der Waals surface area contributed by atoms with E-state index in [1.165, 1.54) is 6.92 Å². The van der Waals surface area contributed by atoms with Gasteiger partial charge in [-0.3, -0.25) is 0 Å². The van der Waals surface area contributed by atoms with Crippen molar-refractivity contribution in [2.45, 2.75) is 6.92 Å². The molecule has 0 unspecified atom stereocenters. The first-order valence-corrected chi connectivity index (χ1v) is 4.18. The minimum Gasteiger partial charge on any atom is -0.342 e. The van der Waals surface area contributed by atoms with Crippen LogP contribution in [-0.4, -0.2) is 20.1 Å². The second-order valence-corrected chi connectivity index (χ2v) is 3.31. The predicted octanol–water partition coefficient (Wildman–Crippen LogP) is 0.0653. The molecule has 0 spiro atoms. The standard InChI is InChI=1S/C5H8O4S/c1-3-5(6)9-10(7,8)4-2/h3H,1,4H2,2H3. The van der Waals surface area contributed by atoms with Crippen LogP contribution in [0, 0.1) is 0 Å². The van der Waals surface area contributed by atoms with Gasteiger partial charge in [0.15, 0.2) is 0 Å². The average Bonchev–Trinajstić information content (AvgIpc) is 1.87. The summed E-state index contributed by atoms with van der Waals surface area (Å²) < 4.78 is 24.9. The molecule has 0 rings (SSSR count). The number of rotatable bonds is 3. The summed E-state index contributed by atoms with van der Waals surface area (Å²) in [5.74, 6) is -1.16. The third kappa shape index (κ3) is 3.24. The topological polar surface area (TPSA) is 60.4 Å². The summed E-state index contributed by atoms with van der Waals surface area (Å²) >= 11 is 0. The van der Waals surface area contributed by atoms with Crippen LogP contribution in [-0.2, 0) is 19.1 Å². The molecule has 0 aromatic rings. The van der Waals surface area contributed by atoms with Crippen LogP contribution in [0.15, 0.2) is 12.7 Å². The highest BCUT2D eigenvalue weighted by Gasteiger charge is 2.10. The molecule has 4 nitrogen and oxygen atoms in total. The van der Waals surface area contributed by atoms with E-state index in [0.29, 0.717) is 0 Å². The van der Waals surface area contributed by atoms with Gasteiger partial charge >= 0.3 is 16.1 Å². The van der Waals surface area contributed by atoms with Gasteiger partial charge in [0.2, 0.25) is 0 Å². The first-order valence-electron chi connectivity index (χ1n) is 2.60. The van der Waals surface area contributed by atoms with Crippen LogP contribution in [0.2, 0.25) is 0 Å². The van der Waals surface area contributed by atoms with Crippen LogP contribution < -0.4 is 0 Å². The summed E-state index contributed by atoms with van der Waals surface area (Å²) in [6.07, 6.45) is 0.799. The summed E-state index contributed by atoms with van der Waals surface area (Å²) in [4.78, 5) is 10.3. The fourth-order valence-corrected chi connectivity index (χ4v) is 0.654. The van der Waals surface area contributed by atoms with Crippen molar-refractivity contribution in [3.63, 3.8) is 0 Å². The van der Waals surface area contributed by atoms with Gasteiger partial charge in [-0.2, -0.15) is 8.42 Å². The number of hydrogen-bond donors (Lipinski definition) is 0. The summed E-state index contributed by atoms with van der Waals surface area (Å²) in [5.41, 5.74) is 0. The lowest BCUT2D eigenvalue weighted by Crippen LogP contribution is -2.12. The fourth-order valence-electron chi connectivity index (χ4n) is 0.218. The van der Waals surface area contributed by atoms with E-state index >= 15 is 0 Å². The molecule has 0 bridgehead atoms. The minimum absolute atomic E-state index is 0.216. The summed E-state index contributed by atoms with van der Waals surface area (Å²) in [5, 5.41) is 0. The van der Waals surface area contributed by atoms with Crippen molar-refractivity contribution in [1.29, 1.82) is 0 Å². The second-order valence-electron chi connectivity index (χ2n) is 1.45. The molecule has 0 atom stereocenters. The Bertz CT molecular complexity index is 226. The van der Waals surface area contributed by atoms with Crippen molar-refractivity contribution in [2.24, 2.45) is 0 Å². The molecule has 0 heterocycles. The second kappa shape index (κ2) is 3.36. The van der Waals surface area contributed by atoms with Crippen molar-refractivity contribution >= 4 is 16.1 Å². The number of hydrogen-bond acceptors (Lipinski definition) is 4. The summed E-state index contributed by atoms with van der Waals surface area (Å²) in [6, 6.07) is 0. The van der Waals surface area contributed by atoms with E-state index in [0.717, 1.165) is 6.08 Å². The largest absolute Gasteiger partial charge is 0.345 e. The zero-order valence-corrected chi connectivity index (χ0v) is 6.35. The Morgan fingerprint density at radius 3 is 2.50 bits per heavy atom. The van der Waals surface area contributed by atoms with Gasteiger partial charge in [0, 0.05) is 6.08 Å². The molecule has 5 heteroatoms. The molecule has 0 aliphatic rings. The zero-order chi connectivity index (χ0) is 8.20. The van der Waals surface area contributed by atoms with Gasteiger partial charge < -0.3 is 4.18 Å². The number of carbonyl (C=O) groups is 1. The van der Waals surface area contributed by atoms with Crippen molar-refractivity contribution in [1.82, 2.24) is 0 Å². The van der Waals surface area contributed by atoms with Crippen molar-refractivity contribution in [3.05, 3.63) is 12.7 Å². The van der Waals surface area contributed by atoms with E-state index in [1.807, 2.05) is 0 Å². The Hall–Kier alpha value is -0.840. The molecule has 10 heavy (non-hydrogen) atoms. The molecule has 0 aliphatic carbocycles. The SMILES string of the molecule is C=CC(=O)OS(=O)(=O)CC. The van der Waals surface area contributed by atoms with Crippen LogP contribution in [0.1, 0.15) is 6.92 Å². The van der Waals surface area contributed by atoms with Crippen molar-refractivity contribution < 1.29 is 17.4 Å². The van der Waals surface area contributed by atoms with Crippen LogP contribution in [0.5, 0.6) is 0 Å². The highest BCUT2D eigenvalue weighted by atomic mass is 32.2. The molecule has 0 aromatic heterocycles. The van der Waals surface area contributed by atoms with E-state index < -0.39 is 16.1 Å². The molecule has 0 radical (unpaired) electrons. The maximum Gasteiger partial charge on any atom is 0.345 e. The van der Waals surface area contributed by atoms with Gasteiger partial charge in [-0.1, -0.05) is 6.58 Å². The maximum atomic E-state index is 10.5. The quantitative estimate of drug-likeness (QED) is 0.437. The Balaban J connectivity index is 4.16. The van der Waals surface area contributed by atoms with Crippen LogP contribution in [0.25, 0.3) is 0 Å². The van der Waals surface area contributed by atoms with E-state index in [4.69, 9.17) is 0 Å². The van der Waals surface area contributed by atoms with Crippen LogP contribution >= 0.6 is 0 Å². The molecule has 0 aromatic carbocycles. The molecule has 0 amide bonds. The first kappa shape index (κ1) is 9.16. The van der Waals surface area contributed by atoms with Gasteiger partial charge in [-0.05, 0) is 6.92 Å². The zero-order valence-electron chi connectivity index (χ0n) is 5.53. The van der Waals surface area contributed by atoms with Crippen molar-refractivity contribution in [3.8, 4) is 0 Å². The molecule has 0 fully saturated rings. The van der Waals surface area contributed by atoms with Gasteiger partial charge in [0.1, 0.15) is 0 Å². The first-order chi connectivity index (χ1) is 4.52. The normalized spacial score (nSPS) is 10.5. The van der Waals surface area contributed by atoms with Crippen LogP contribution in [0.4, 0.5) is 0 Å². The Morgan fingerprint density at radius 2 is 2.20 bits per heavy atom. The Morgan fingerprint density at radius 1 is 1.70 bits per heavy atom. The van der Waals surface area contributed by atoms with Gasteiger partial charge in [-0.15, -0.1) is 0 Å². The van der Waals surface area contributed by atoms with E-state index in [9.17, 15) is 13.2 Å². The molecule has 58 valence electrons. The lowest BCUT2D eigenvalue weighted by molar-refractivity contribution is -0.128. The van der Waals surface area contributed by atoms with Crippen LogP contribution in [0.3, 0.4) is 0 Å². The third-order valence-electron chi connectivity index (χ3n) is 0.729. The molecule has 0 aliphatic heterocycles. The van der Waals surface area contributed by atoms with E-state index in [1.54, 1.807) is 0 Å². The maximum absolute atomic E-state index is 10.5. The average molecular weight is 164 g/mol. The monoisotopic (exact) mass is 164 g/mol. The van der Waals surface area contributed by atoms with E-state index in [2.05, 4.69) is 10.8 Å². The number of carbonyl (C=O) groups excluding carboxylic acids is 1.